The molecule has 4 heteroatoms. The minimum Gasteiger partial charge on any atom is -0.491 e. The fourth-order valence-electron chi connectivity index (χ4n) is 2.75. The molecule has 0 bridgehead atoms. The van der Waals surface area contributed by atoms with E-state index in [1.54, 1.807) is 6.07 Å². The van der Waals surface area contributed by atoms with Gasteiger partial charge in [-0.2, -0.15) is 0 Å². The van der Waals surface area contributed by atoms with Crippen LogP contribution in [0.3, 0.4) is 0 Å². The average molecular weight is 290 g/mol. The van der Waals surface area contributed by atoms with Crippen LogP contribution in [0.4, 0.5) is 0 Å². The van der Waals surface area contributed by atoms with Gasteiger partial charge in [0.2, 0.25) is 0 Å². The zero-order valence-electron chi connectivity index (χ0n) is 13.0. The Morgan fingerprint density at radius 1 is 1.29 bits per heavy atom. The molecule has 0 aliphatic heterocycles. The van der Waals surface area contributed by atoms with Crippen molar-refractivity contribution in [2.75, 3.05) is 0 Å². The Morgan fingerprint density at radius 2 is 2.05 bits per heavy atom. The second-order valence-electron chi connectivity index (χ2n) is 6.08. The normalized spacial score (nSPS) is 22.7. The van der Waals surface area contributed by atoms with Gasteiger partial charge in [0.15, 0.2) is 0 Å². The van der Waals surface area contributed by atoms with Crippen molar-refractivity contribution in [3.63, 3.8) is 0 Å². The molecule has 0 aromatic heterocycles. The molecule has 3 N–H and O–H groups in total. The monoisotopic (exact) mass is 290 g/mol. The lowest BCUT2D eigenvalue weighted by Gasteiger charge is -2.22. The molecule has 2 atom stereocenters. The SMILES string of the molecule is CC(C)Oc1cccc(C(=O)NC2CCCCCC2N)c1. The molecule has 1 saturated carbocycles. The van der Waals surface area contributed by atoms with Crippen LogP contribution in [0.2, 0.25) is 0 Å². The van der Waals surface area contributed by atoms with E-state index < -0.39 is 0 Å². The van der Waals surface area contributed by atoms with Crippen molar-refractivity contribution < 1.29 is 9.53 Å². The molecule has 0 saturated heterocycles. The Balaban J connectivity index is 2.02. The van der Waals surface area contributed by atoms with Crippen molar-refractivity contribution in [3.05, 3.63) is 29.8 Å². The first kappa shape index (κ1) is 15.8. The van der Waals surface area contributed by atoms with Crippen LogP contribution in [0, 0.1) is 0 Å². The Morgan fingerprint density at radius 3 is 2.81 bits per heavy atom. The molecule has 0 spiro atoms. The quantitative estimate of drug-likeness (QED) is 0.838. The molecular formula is C17H26N2O2. The number of nitrogens with two attached hydrogens (primary N) is 1. The standard InChI is InChI=1S/C17H26N2O2/c1-12(2)21-14-8-6-7-13(11-14)17(20)19-16-10-5-3-4-9-15(16)18/h6-8,11-12,15-16H,3-5,9-10,18H2,1-2H3,(H,19,20). The molecule has 1 aliphatic rings. The molecule has 0 radical (unpaired) electrons. The summed E-state index contributed by atoms with van der Waals surface area (Å²) in [5.74, 6) is 0.661. The summed E-state index contributed by atoms with van der Waals surface area (Å²) in [4.78, 5) is 12.4. The fraction of sp³-hybridized carbons (Fsp3) is 0.588. The third kappa shape index (κ3) is 4.74. The zero-order chi connectivity index (χ0) is 15.2. The number of rotatable bonds is 4. The number of carbonyl (C=O) groups is 1. The van der Waals surface area contributed by atoms with Gasteiger partial charge < -0.3 is 15.8 Å². The van der Waals surface area contributed by atoms with E-state index in [1.807, 2.05) is 32.0 Å². The predicted molar refractivity (Wildman–Crippen MR) is 84.5 cm³/mol. The van der Waals surface area contributed by atoms with Gasteiger partial charge in [0.25, 0.3) is 5.91 Å². The van der Waals surface area contributed by atoms with Gasteiger partial charge in [-0.15, -0.1) is 0 Å². The summed E-state index contributed by atoms with van der Waals surface area (Å²) in [5.41, 5.74) is 6.79. The number of hydrogen-bond donors (Lipinski definition) is 2. The lowest BCUT2D eigenvalue weighted by Crippen LogP contribution is -2.46. The molecule has 1 fully saturated rings. The summed E-state index contributed by atoms with van der Waals surface area (Å²) in [6.07, 6.45) is 5.55. The minimum atomic E-state index is -0.0634. The predicted octanol–water partition coefficient (Wildman–Crippen LogP) is 2.86. The highest BCUT2D eigenvalue weighted by Gasteiger charge is 2.22. The highest BCUT2D eigenvalue weighted by Crippen LogP contribution is 2.18. The van der Waals surface area contributed by atoms with E-state index in [1.165, 1.54) is 6.42 Å². The maximum atomic E-state index is 12.4. The lowest BCUT2D eigenvalue weighted by atomic mass is 10.0. The highest BCUT2D eigenvalue weighted by atomic mass is 16.5. The van der Waals surface area contributed by atoms with E-state index in [-0.39, 0.29) is 24.1 Å². The molecule has 21 heavy (non-hydrogen) atoms. The maximum absolute atomic E-state index is 12.4. The summed E-state index contributed by atoms with van der Waals surface area (Å²) in [5, 5.41) is 3.09. The van der Waals surface area contributed by atoms with E-state index in [4.69, 9.17) is 10.5 Å². The number of hydrogen-bond acceptors (Lipinski definition) is 3. The summed E-state index contributed by atoms with van der Waals surface area (Å²) >= 11 is 0. The smallest absolute Gasteiger partial charge is 0.251 e. The molecular weight excluding hydrogens is 264 g/mol. The third-order valence-electron chi connectivity index (χ3n) is 3.85. The van der Waals surface area contributed by atoms with Gasteiger partial charge in [-0.05, 0) is 44.9 Å². The number of benzene rings is 1. The fourth-order valence-corrected chi connectivity index (χ4v) is 2.75. The van der Waals surface area contributed by atoms with Crippen molar-refractivity contribution in [1.29, 1.82) is 0 Å². The Labute approximate surface area is 127 Å². The van der Waals surface area contributed by atoms with Crippen LogP contribution in [0.25, 0.3) is 0 Å². The van der Waals surface area contributed by atoms with Crippen molar-refractivity contribution in [1.82, 2.24) is 5.32 Å². The van der Waals surface area contributed by atoms with E-state index >= 15 is 0 Å². The van der Waals surface area contributed by atoms with Gasteiger partial charge in [0.1, 0.15) is 5.75 Å². The van der Waals surface area contributed by atoms with Crippen LogP contribution < -0.4 is 15.8 Å². The van der Waals surface area contributed by atoms with Gasteiger partial charge in [0, 0.05) is 17.6 Å². The van der Waals surface area contributed by atoms with E-state index in [0.29, 0.717) is 5.56 Å². The highest BCUT2D eigenvalue weighted by molar-refractivity contribution is 5.94. The number of carbonyl (C=O) groups excluding carboxylic acids is 1. The van der Waals surface area contributed by atoms with E-state index in [0.717, 1.165) is 31.4 Å². The molecule has 2 unspecified atom stereocenters. The minimum absolute atomic E-state index is 0.0616. The van der Waals surface area contributed by atoms with Crippen LogP contribution in [0.5, 0.6) is 5.75 Å². The largest absolute Gasteiger partial charge is 0.491 e. The second-order valence-corrected chi connectivity index (χ2v) is 6.08. The third-order valence-corrected chi connectivity index (χ3v) is 3.85. The molecule has 116 valence electrons. The molecule has 0 heterocycles. The Bertz CT molecular complexity index is 474. The van der Waals surface area contributed by atoms with Gasteiger partial charge >= 0.3 is 0 Å². The van der Waals surface area contributed by atoms with Crippen molar-refractivity contribution in [2.45, 2.75) is 64.1 Å². The first-order chi connectivity index (χ1) is 10.1. The van der Waals surface area contributed by atoms with Crippen molar-refractivity contribution in [3.8, 4) is 5.75 Å². The van der Waals surface area contributed by atoms with E-state index in [2.05, 4.69) is 5.32 Å². The molecule has 4 nitrogen and oxygen atoms in total. The van der Waals surface area contributed by atoms with Gasteiger partial charge in [-0.3, -0.25) is 4.79 Å². The first-order valence-electron chi connectivity index (χ1n) is 7.89. The Hall–Kier alpha value is -1.55. The van der Waals surface area contributed by atoms with Crippen LogP contribution in [0.1, 0.15) is 56.3 Å². The lowest BCUT2D eigenvalue weighted by molar-refractivity contribution is 0.0928. The maximum Gasteiger partial charge on any atom is 0.251 e. The molecule has 2 rings (SSSR count). The van der Waals surface area contributed by atoms with Crippen LogP contribution in [-0.2, 0) is 0 Å². The number of ether oxygens (including phenoxy) is 1. The summed E-state index contributed by atoms with van der Waals surface area (Å²) in [6.45, 7) is 3.94. The summed E-state index contributed by atoms with van der Waals surface area (Å²) in [7, 11) is 0. The number of nitrogens with one attached hydrogen (secondary N) is 1. The molecule has 1 aromatic rings. The molecule has 1 amide bonds. The number of amides is 1. The first-order valence-corrected chi connectivity index (χ1v) is 7.89. The second kappa shape index (κ2) is 7.46. The van der Waals surface area contributed by atoms with Crippen molar-refractivity contribution >= 4 is 5.91 Å². The topological polar surface area (TPSA) is 64.3 Å². The van der Waals surface area contributed by atoms with Crippen LogP contribution in [0.15, 0.2) is 24.3 Å². The molecule has 1 aromatic carbocycles. The van der Waals surface area contributed by atoms with E-state index in [9.17, 15) is 4.79 Å². The van der Waals surface area contributed by atoms with Gasteiger partial charge in [-0.1, -0.05) is 25.3 Å². The van der Waals surface area contributed by atoms with Gasteiger partial charge in [-0.25, -0.2) is 0 Å². The summed E-state index contributed by atoms with van der Waals surface area (Å²) in [6, 6.07) is 7.46. The van der Waals surface area contributed by atoms with Crippen LogP contribution >= 0.6 is 0 Å². The molecule has 1 aliphatic carbocycles. The summed E-state index contributed by atoms with van der Waals surface area (Å²) < 4.78 is 5.63. The van der Waals surface area contributed by atoms with Crippen molar-refractivity contribution in [2.24, 2.45) is 5.73 Å². The Kier molecular flexibility index (Phi) is 5.62. The van der Waals surface area contributed by atoms with Gasteiger partial charge in [0.05, 0.1) is 6.10 Å². The zero-order valence-corrected chi connectivity index (χ0v) is 13.0. The van der Waals surface area contributed by atoms with Crippen LogP contribution in [-0.4, -0.2) is 24.1 Å². The average Bonchev–Trinajstić information content (AvgIpc) is 2.64.